The summed E-state index contributed by atoms with van der Waals surface area (Å²) in [5, 5.41) is 14.7. The van der Waals surface area contributed by atoms with E-state index in [1.54, 1.807) is 0 Å². The van der Waals surface area contributed by atoms with Crippen molar-refractivity contribution in [2.75, 3.05) is 19.8 Å². The molecule has 1 saturated carbocycles. The van der Waals surface area contributed by atoms with E-state index in [2.05, 4.69) is 92.6 Å². The zero-order chi connectivity index (χ0) is 25.4. The number of benzene rings is 2. The van der Waals surface area contributed by atoms with Crippen molar-refractivity contribution in [3.63, 3.8) is 0 Å². The molecule has 8 nitrogen and oxygen atoms in total. The van der Waals surface area contributed by atoms with Crippen molar-refractivity contribution in [2.24, 2.45) is 16.8 Å². The van der Waals surface area contributed by atoms with Gasteiger partial charge >= 0.3 is 0 Å². The van der Waals surface area contributed by atoms with E-state index in [-0.39, 0.29) is 6.17 Å². The van der Waals surface area contributed by atoms with Gasteiger partial charge in [-0.2, -0.15) is 5.21 Å². The van der Waals surface area contributed by atoms with E-state index in [0.717, 1.165) is 55.3 Å². The van der Waals surface area contributed by atoms with Crippen LogP contribution in [0.2, 0.25) is 0 Å². The maximum Gasteiger partial charge on any atom is 0.205 e. The Bertz CT molecular complexity index is 1270. The standard InChI is InChI=1S/C29H36N8/c1-4-27-30-29-26(18-35(16-21-9-10-21)19-36(29)15-20(2)3)37(27)17-22-11-13-23(14-12-22)24-7-5-6-8-25(24)28-31-33-34-32-28/h5-8,11-14,18,20-21,27H,4,9-10,15-17,19H2,1-3H3,(H,31,32,33,34). The summed E-state index contributed by atoms with van der Waals surface area (Å²) in [6, 6.07) is 17.1. The molecule has 2 aromatic carbocycles. The lowest BCUT2D eigenvalue weighted by Gasteiger charge is -2.39. The molecule has 6 rings (SSSR count). The summed E-state index contributed by atoms with van der Waals surface area (Å²) in [6.45, 7) is 10.8. The zero-order valence-corrected chi connectivity index (χ0v) is 22.0. The zero-order valence-electron chi connectivity index (χ0n) is 22.0. The van der Waals surface area contributed by atoms with Crippen LogP contribution in [0.3, 0.4) is 0 Å². The molecule has 2 aliphatic heterocycles. The normalized spacial score (nSPS) is 19.4. The van der Waals surface area contributed by atoms with Gasteiger partial charge in [-0.1, -0.05) is 69.3 Å². The van der Waals surface area contributed by atoms with E-state index in [0.29, 0.717) is 11.7 Å². The van der Waals surface area contributed by atoms with Crippen molar-refractivity contribution >= 4 is 5.84 Å². The highest BCUT2D eigenvalue weighted by Crippen LogP contribution is 2.35. The third-order valence-corrected chi connectivity index (χ3v) is 7.40. The smallest absolute Gasteiger partial charge is 0.205 e. The maximum absolute atomic E-state index is 5.23. The molecule has 1 aliphatic carbocycles. The number of hydrogen-bond acceptors (Lipinski definition) is 7. The molecular formula is C29H36N8. The Morgan fingerprint density at radius 1 is 1.03 bits per heavy atom. The fraction of sp³-hybridized carbons (Fsp3) is 0.448. The molecular weight excluding hydrogens is 460 g/mol. The number of aromatic amines is 1. The molecule has 1 fully saturated rings. The van der Waals surface area contributed by atoms with Gasteiger partial charge < -0.3 is 14.7 Å². The van der Waals surface area contributed by atoms with E-state index in [9.17, 15) is 0 Å². The van der Waals surface area contributed by atoms with Gasteiger partial charge in [-0.05, 0) is 53.0 Å². The minimum Gasteiger partial charge on any atom is -0.358 e. The lowest BCUT2D eigenvalue weighted by atomic mass is 9.98. The molecule has 1 aromatic heterocycles. The maximum atomic E-state index is 5.23. The van der Waals surface area contributed by atoms with Gasteiger partial charge in [0.15, 0.2) is 5.84 Å². The van der Waals surface area contributed by atoms with E-state index in [1.807, 2.05) is 18.2 Å². The number of fused-ring (bicyclic) bond motifs is 1. The first kappa shape index (κ1) is 23.7. The molecule has 0 bridgehead atoms. The Hall–Kier alpha value is -3.68. The summed E-state index contributed by atoms with van der Waals surface area (Å²) >= 11 is 0. The van der Waals surface area contributed by atoms with E-state index in [4.69, 9.17) is 4.99 Å². The molecule has 0 spiro atoms. The fourth-order valence-electron chi connectivity index (χ4n) is 5.46. The largest absolute Gasteiger partial charge is 0.358 e. The Labute approximate surface area is 219 Å². The van der Waals surface area contributed by atoms with Gasteiger partial charge in [-0.15, -0.1) is 10.2 Å². The average molecular weight is 497 g/mol. The number of aromatic nitrogens is 4. The Morgan fingerprint density at radius 3 is 2.49 bits per heavy atom. The molecule has 8 heteroatoms. The van der Waals surface area contributed by atoms with Gasteiger partial charge in [0.2, 0.25) is 5.82 Å². The van der Waals surface area contributed by atoms with Crippen LogP contribution in [0.4, 0.5) is 0 Å². The quantitative estimate of drug-likeness (QED) is 0.451. The number of tetrazole rings is 1. The van der Waals surface area contributed by atoms with Crippen LogP contribution in [0.15, 0.2) is 65.4 Å². The second-order valence-electron chi connectivity index (χ2n) is 10.9. The highest BCUT2D eigenvalue weighted by molar-refractivity contribution is 6.00. The molecule has 0 saturated heterocycles. The molecule has 1 N–H and O–H groups in total. The van der Waals surface area contributed by atoms with Crippen molar-refractivity contribution in [3.8, 4) is 22.5 Å². The molecule has 192 valence electrons. The predicted molar refractivity (Wildman–Crippen MR) is 146 cm³/mol. The van der Waals surface area contributed by atoms with Crippen LogP contribution in [-0.4, -0.2) is 67.1 Å². The van der Waals surface area contributed by atoms with Crippen LogP contribution >= 0.6 is 0 Å². The third kappa shape index (κ3) is 4.97. The molecule has 3 aromatic rings. The predicted octanol–water partition coefficient (Wildman–Crippen LogP) is 4.97. The first-order chi connectivity index (χ1) is 18.1. The summed E-state index contributed by atoms with van der Waals surface area (Å²) in [6.07, 6.45) is 6.30. The Morgan fingerprint density at radius 2 is 1.81 bits per heavy atom. The topological polar surface area (TPSA) is 76.5 Å². The monoisotopic (exact) mass is 496 g/mol. The number of nitrogens with zero attached hydrogens (tertiary/aromatic N) is 7. The van der Waals surface area contributed by atoms with Gasteiger partial charge in [0, 0.05) is 31.4 Å². The van der Waals surface area contributed by atoms with Gasteiger partial charge in [-0.25, -0.2) is 4.99 Å². The number of rotatable bonds is 9. The van der Waals surface area contributed by atoms with Crippen molar-refractivity contribution < 1.29 is 0 Å². The highest BCUT2D eigenvalue weighted by Gasteiger charge is 2.37. The van der Waals surface area contributed by atoms with Crippen LogP contribution in [0.5, 0.6) is 0 Å². The number of aliphatic imine (C=N–C) groups is 1. The Kier molecular flexibility index (Phi) is 6.40. The van der Waals surface area contributed by atoms with E-state index < -0.39 is 0 Å². The second kappa shape index (κ2) is 10.00. The first-order valence-corrected chi connectivity index (χ1v) is 13.6. The second-order valence-corrected chi connectivity index (χ2v) is 10.9. The summed E-state index contributed by atoms with van der Waals surface area (Å²) in [4.78, 5) is 12.8. The third-order valence-electron chi connectivity index (χ3n) is 7.40. The lowest BCUT2D eigenvalue weighted by molar-refractivity contribution is 0.201. The van der Waals surface area contributed by atoms with Crippen LogP contribution in [0.25, 0.3) is 22.5 Å². The molecule has 1 unspecified atom stereocenters. The molecule has 3 aliphatic rings. The van der Waals surface area contributed by atoms with Crippen molar-refractivity contribution in [2.45, 2.75) is 52.7 Å². The number of amidine groups is 1. The molecule has 0 amide bonds. The van der Waals surface area contributed by atoms with Gasteiger partial charge in [0.1, 0.15) is 6.17 Å². The van der Waals surface area contributed by atoms with E-state index >= 15 is 0 Å². The summed E-state index contributed by atoms with van der Waals surface area (Å²) in [5.74, 6) is 3.24. The van der Waals surface area contributed by atoms with E-state index in [1.165, 1.54) is 29.9 Å². The number of hydrogen-bond donors (Lipinski definition) is 1. The van der Waals surface area contributed by atoms with Crippen LogP contribution < -0.4 is 0 Å². The van der Waals surface area contributed by atoms with Crippen LogP contribution in [-0.2, 0) is 6.54 Å². The fourth-order valence-corrected chi connectivity index (χ4v) is 5.46. The van der Waals surface area contributed by atoms with Crippen molar-refractivity contribution in [3.05, 3.63) is 66.0 Å². The van der Waals surface area contributed by atoms with Gasteiger partial charge in [0.05, 0.1) is 12.4 Å². The van der Waals surface area contributed by atoms with Crippen LogP contribution in [0.1, 0.15) is 45.6 Å². The first-order valence-electron chi connectivity index (χ1n) is 13.6. The average Bonchev–Trinajstić information content (AvgIpc) is 3.41. The number of H-pyrrole nitrogens is 1. The minimum absolute atomic E-state index is 0.176. The molecule has 3 heterocycles. The molecule has 1 atom stereocenters. The van der Waals surface area contributed by atoms with Gasteiger partial charge in [-0.3, -0.25) is 0 Å². The summed E-state index contributed by atoms with van der Waals surface area (Å²) in [7, 11) is 0. The van der Waals surface area contributed by atoms with Gasteiger partial charge in [0.25, 0.3) is 0 Å². The van der Waals surface area contributed by atoms with Crippen molar-refractivity contribution in [1.82, 2.24) is 35.3 Å². The SMILES string of the molecule is CCC1N=C2C(=CN(CC3CC3)CN2CC(C)C)N1Cc1ccc(-c2ccccc2-c2nn[nH]n2)cc1. The van der Waals surface area contributed by atoms with Crippen molar-refractivity contribution in [1.29, 1.82) is 0 Å². The summed E-state index contributed by atoms with van der Waals surface area (Å²) in [5.41, 5.74) is 5.78. The highest BCUT2D eigenvalue weighted by atomic mass is 15.5. The van der Waals surface area contributed by atoms with Crippen LogP contribution in [0, 0.1) is 11.8 Å². The minimum atomic E-state index is 0.176. The lowest BCUT2D eigenvalue weighted by Crippen LogP contribution is -2.47. The molecule has 37 heavy (non-hydrogen) atoms. The number of nitrogens with one attached hydrogen (secondary N) is 1. The summed E-state index contributed by atoms with van der Waals surface area (Å²) < 4.78 is 0. The Balaban J connectivity index is 1.25. The molecule has 0 radical (unpaired) electrons.